The molecule has 1 saturated carbocycles. The van der Waals surface area contributed by atoms with Gasteiger partial charge in [0.05, 0.1) is 5.70 Å². The molecule has 0 saturated heterocycles. The van der Waals surface area contributed by atoms with E-state index in [1.54, 1.807) is 23.1 Å². The first-order valence-corrected chi connectivity index (χ1v) is 9.44. The minimum absolute atomic E-state index is 0.162. The number of hydrogen-bond acceptors (Lipinski definition) is 6. The number of halogens is 3. The summed E-state index contributed by atoms with van der Waals surface area (Å²) in [6, 6.07) is 5.85. The largest absolute Gasteiger partial charge is 0.573 e. The first kappa shape index (κ1) is 19.6. The van der Waals surface area contributed by atoms with Crippen molar-refractivity contribution in [2.45, 2.75) is 43.8 Å². The van der Waals surface area contributed by atoms with Gasteiger partial charge in [-0.3, -0.25) is 0 Å². The number of alkyl halides is 3. The predicted octanol–water partition coefficient (Wildman–Crippen LogP) is 2.96. The zero-order valence-corrected chi connectivity index (χ0v) is 15.6. The van der Waals surface area contributed by atoms with Crippen molar-refractivity contribution in [3.8, 4) is 5.75 Å². The molecule has 2 aromatic rings. The third-order valence-electron chi connectivity index (χ3n) is 5.37. The number of imidazole rings is 1. The van der Waals surface area contributed by atoms with E-state index in [4.69, 9.17) is 11.5 Å². The summed E-state index contributed by atoms with van der Waals surface area (Å²) in [7, 11) is 0. The molecule has 0 amide bonds. The van der Waals surface area contributed by atoms with Gasteiger partial charge in [-0.05, 0) is 43.9 Å². The average Bonchev–Trinajstić information content (AvgIpc) is 3.09. The van der Waals surface area contributed by atoms with Crippen molar-refractivity contribution in [1.29, 1.82) is 0 Å². The van der Waals surface area contributed by atoms with E-state index in [1.165, 1.54) is 18.2 Å². The maximum atomic E-state index is 12.5. The molecule has 0 bridgehead atoms. The number of aromatic nitrogens is 2. The highest BCUT2D eigenvalue weighted by molar-refractivity contribution is 5.76. The van der Waals surface area contributed by atoms with E-state index in [2.05, 4.69) is 20.5 Å². The zero-order valence-electron chi connectivity index (χ0n) is 15.6. The maximum Gasteiger partial charge on any atom is 0.573 e. The fraction of sp³-hybridized carbons (Fsp3) is 0.421. The highest BCUT2D eigenvalue weighted by atomic mass is 19.4. The molecule has 2 heterocycles. The van der Waals surface area contributed by atoms with Crippen molar-refractivity contribution in [3.05, 3.63) is 48.6 Å². The lowest BCUT2D eigenvalue weighted by Gasteiger charge is -2.42. The molecule has 0 radical (unpaired) electrons. The Hall–Kier alpha value is -2.72. The second kappa shape index (κ2) is 7.27. The summed E-state index contributed by atoms with van der Waals surface area (Å²) < 4.78 is 43.3. The normalized spacial score (nSPS) is 26.9. The van der Waals surface area contributed by atoms with E-state index < -0.39 is 12.0 Å². The number of hydrogen-bond donors (Lipinski definition) is 4. The van der Waals surface area contributed by atoms with Crippen molar-refractivity contribution < 1.29 is 17.9 Å². The van der Waals surface area contributed by atoms with Crippen molar-refractivity contribution in [1.82, 2.24) is 9.66 Å². The van der Waals surface area contributed by atoms with Gasteiger partial charge in [-0.25, -0.2) is 9.66 Å². The quantitative estimate of drug-likeness (QED) is 0.620. The van der Waals surface area contributed by atoms with Crippen LogP contribution in [0, 0.1) is 5.92 Å². The molecule has 10 heteroatoms. The highest BCUT2D eigenvalue weighted by Crippen LogP contribution is 2.35. The number of benzene rings is 1. The molecule has 1 aromatic heterocycles. The summed E-state index contributed by atoms with van der Waals surface area (Å²) in [4.78, 5) is 4.32. The Labute approximate surface area is 165 Å². The maximum absolute atomic E-state index is 12.5. The van der Waals surface area contributed by atoms with Crippen LogP contribution in [0.5, 0.6) is 5.75 Å². The molecule has 0 spiro atoms. The summed E-state index contributed by atoms with van der Waals surface area (Å²) in [5.74, 6) is 0.441. The zero-order chi connectivity index (χ0) is 20.6. The van der Waals surface area contributed by atoms with Gasteiger partial charge in [0.1, 0.15) is 11.4 Å². The molecular formula is C19H23F3N6O. The van der Waals surface area contributed by atoms with Gasteiger partial charge < -0.3 is 26.9 Å². The van der Waals surface area contributed by atoms with Crippen LogP contribution in [0.1, 0.15) is 31.5 Å². The number of nitrogens with zero attached hydrogens (tertiary/aromatic N) is 2. The van der Waals surface area contributed by atoms with Gasteiger partial charge in [0.25, 0.3) is 0 Å². The number of rotatable bonds is 4. The molecule has 1 aromatic carbocycles. The summed E-state index contributed by atoms with van der Waals surface area (Å²) in [6.45, 7) is 0. The lowest BCUT2D eigenvalue weighted by atomic mass is 9.78. The van der Waals surface area contributed by atoms with Crippen LogP contribution in [0.3, 0.4) is 0 Å². The van der Waals surface area contributed by atoms with Crippen LogP contribution in [0.15, 0.2) is 42.7 Å². The fourth-order valence-corrected chi connectivity index (χ4v) is 3.96. The Morgan fingerprint density at radius 3 is 2.72 bits per heavy atom. The first-order chi connectivity index (χ1) is 13.7. The Morgan fingerprint density at radius 2 is 2.00 bits per heavy atom. The van der Waals surface area contributed by atoms with E-state index in [0.717, 1.165) is 25.7 Å². The van der Waals surface area contributed by atoms with Crippen LogP contribution in [-0.2, 0) is 0 Å². The molecular weight excluding hydrogens is 385 g/mol. The van der Waals surface area contributed by atoms with Gasteiger partial charge in [0.2, 0.25) is 0 Å². The topological polar surface area (TPSA) is 103 Å². The number of nitrogens with two attached hydrogens (primary N) is 2. The summed E-state index contributed by atoms with van der Waals surface area (Å²) >= 11 is 0. The predicted molar refractivity (Wildman–Crippen MR) is 103 cm³/mol. The molecule has 1 fully saturated rings. The molecule has 2 aliphatic rings. The van der Waals surface area contributed by atoms with Gasteiger partial charge in [-0.1, -0.05) is 6.07 Å². The molecule has 1 aliphatic heterocycles. The SMILES string of the molecule is NC1CCC(C2(N)C=C(Nc3cccc(OC(F)(F)F)c3)c3nccn3N2)CC1. The van der Waals surface area contributed by atoms with Crippen molar-refractivity contribution in [2.75, 3.05) is 10.7 Å². The van der Waals surface area contributed by atoms with E-state index in [9.17, 15) is 13.2 Å². The number of anilines is 1. The Morgan fingerprint density at radius 1 is 1.24 bits per heavy atom. The van der Waals surface area contributed by atoms with E-state index in [0.29, 0.717) is 17.2 Å². The van der Waals surface area contributed by atoms with Crippen LogP contribution in [0.25, 0.3) is 5.70 Å². The molecule has 156 valence electrons. The molecule has 1 unspecified atom stereocenters. The second-order valence-corrected chi connectivity index (χ2v) is 7.54. The summed E-state index contributed by atoms with van der Waals surface area (Å²) in [5.41, 5.74) is 16.2. The van der Waals surface area contributed by atoms with E-state index in [1.807, 2.05) is 6.08 Å². The third kappa shape index (κ3) is 4.33. The highest BCUT2D eigenvalue weighted by Gasteiger charge is 2.39. The fourth-order valence-electron chi connectivity index (χ4n) is 3.96. The summed E-state index contributed by atoms with van der Waals surface area (Å²) in [6.07, 6.45) is 4.05. The van der Waals surface area contributed by atoms with E-state index in [-0.39, 0.29) is 17.7 Å². The van der Waals surface area contributed by atoms with Crippen molar-refractivity contribution >= 4 is 11.4 Å². The molecule has 6 N–H and O–H groups in total. The van der Waals surface area contributed by atoms with Gasteiger partial charge in [0, 0.05) is 36.1 Å². The van der Waals surface area contributed by atoms with Crippen molar-refractivity contribution in [3.63, 3.8) is 0 Å². The Balaban J connectivity index is 1.61. The lowest BCUT2D eigenvalue weighted by molar-refractivity contribution is -0.274. The van der Waals surface area contributed by atoms with Crippen LogP contribution in [0.4, 0.5) is 18.9 Å². The molecule has 1 aliphatic carbocycles. The van der Waals surface area contributed by atoms with Crippen LogP contribution in [-0.4, -0.2) is 27.7 Å². The average molecular weight is 408 g/mol. The number of nitrogens with one attached hydrogen (secondary N) is 2. The lowest BCUT2D eigenvalue weighted by Crippen LogP contribution is -2.58. The molecule has 1 atom stereocenters. The van der Waals surface area contributed by atoms with E-state index >= 15 is 0 Å². The number of fused-ring (bicyclic) bond motifs is 1. The molecule has 29 heavy (non-hydrogen) atoms. The smallest absolute Gasteiger partial charge is 0.406 e. The monoisotopic (exact) mass is 408 g/mol. The minimum Gasteiger partial charge on any atom is -0.406 e. The van der Waals surface area contributed by atoms with Crippen LogP contribution in [0.2, 0.25) is 0 Å². The molecule has 7 nitrogen and oxygen atoms in total. The van der Waals surface area contributed by atoms with Crippen molar-refractivity contribution in [2.24, 2.45) is 17.4 Å². The molecule has 4 rings (SSSR count). The Kier molecular flexibility index (Phi) is 4.91. The van der Waals surface area contributed by atoms with Gasteiger partial charge >= 0.3 is 6.36 Å². The standard InChI is InChI=1S/C19H23F3N6O/c20-19(21,22)29-15-3-1-2-14(10-15)26-16-11-18(24,12-4-6-13(23)7-5-12)27-28-9-8-25-17(16)28/h1-3,8-13,26-27H,4-7,23-24H2. The second-order valence-electron chi connectivity index (χ2n) is 7.54. The first-order valence-electron chi connectivity index (χ1n) is 9.44. The van der Waals surface area contributed by atoms with Crippen LogP contribution >= 0.6 is 0 Å². The minimum atomic E-state index is -4.75. The van der Waals surface area contributed by atoms with Gasteiger partial charge in [0.15, 0.2) is 5.82 Å². The third-order valence-corrected chi connectivity index (χ3v) is 5.37. The van der Waals surface area contributed by atoms with Gasteiger partial charge in [-0.15, -0.1) is 13.2 Å². The number of ether oxygens (including phenoxy) is 1. The van der Waals surface area contributed by atoms with Gasteiger partial charge in [-0.2, -0.15) is 0 Å². The van der Waals surface area contributed by atoms with Crippen LogP contribution < -0.4 is 26.9 Å². The summed E-state index contributed by atoms with van der Waals surface area (Å²) in [5, 5.41) is 3.14. The Bertz CT molecular complexity index is 903.